The molecule has 3 heterocycles. The second-order valence-corrected chi connectivity index (χ2v) is 13.8. The van der Waals surface area contributed by atoms with Crippen LogP contribution >= 0.6 is 0 Å². The highest BCUT2D eigenvalue weighted by molar-refractivity contribution is 5.91. The van der Waals surface area contributed by atoms with Gasteiger partial charge in [0.25, 0.3) is 0 Å². The zero-order chi connectivity index (χ0) is 34.2. The molecule has 0 radical (unpaired) electrons. The fraction of sp³-hybridized carbons (Fsp3) is 0.317. The Morgan fingerprint density at radius 2 is 1.57 bits per heavy atom. The monoisotopic (exact) mass is 655 g/mol. The molecule has 7 rings (SSSR count). The molecule has 2 aliphatic heterocycles. The zero-order valence-corrected chi connectivity index (χ0v) is 28.9. The van der Waals surface area contributed by atoms with Crippen LogP contribution in [0.1, 0.15) is 47.3 Å². The van der Waals surface area contributed by atoms with E-state index < -0.39 is 12.2 Å². The van der Waals surface area contributed by atoms with Crippen molar-refractivity contribution >= 4 is 34.4 Å². The van der Waals surface area contributed by atoms with Crippen LogP contribution in [0.5, 0.6) is 0 Å². The summed E-state index contributed by atoms with van der Waals surface area (Å²) in [5.41, 5.74) is 10.9. The lowest BCUT2D eigenvalue weighted by Gasteiger charge is -2.49. The molecule has 0 unspecified atom stereocenters. The molecular formula is C41H45N5O3. The van der Waals surface area contributed by atoms with Crippen molar-refractivity contribution in [1.29, 1.82) is 0 Å². The molecule has 1 fully saturated rings. The highest BCUT2D eigenvalue weighted by Gasteiger charge is 2.45. The molecule has 1 aromatic heterocycles. The summed E-state index contributed by atoms with van der Waals surface area (Å²) in [6, 6.07) is 30.6. The van der Waals surface area contributed by atoms with Gasteiger partial charge in [0.2, 0.25) is 0 Å². The topological polar surface area (TPSA) is 89.7 Å². The number of hydrogen-bond acceptors (Lipinski definition) is 4. The molecule has 0 saturated carbocycles. The largest absolute Gasteiger partial charge is 0.446 e. The van der Waals surface area contributed by atoms with Gasteiger partial charge in [0, 0.05) is 60.1 Å². The van der Waals surface area contributed by atoms with Gasteiger partial charge >= 0.3 is 12.1 Å². The van der Waals surface area contributed by atoms with Crippen molar-refractivity contribution < 1.29 is 14.3 Å². The summed E-state index contributed by atoms with van der Waals surface area (Å²) < 4.78 is 6.06. The first-order valence-electron chi connectivity index (χ1n) is 17.2. The van der Waals surface area contributed by atoms with Crippen LogP contribution in [0, 0.1) is 26.7 Å². The Labute approximate surface area is 288 Å². The van der Waals surface area contributed by atoms with E-state index in [1.54, 1.807) is 0 Å². The number of fused-ring (bicyclic) bond motifs is 5. The van der Waals surface area contributed by atoms with Gasteiger partial charge in [-0.05, 0) is 92.6 Å². The Bertz CT molecular complexity index is 2020. The van der Waals surface area contributed by atoms with Crippen LogP contribution < -0.4 is 10.6 Å². The normalized spacial score (nSPS) is 19.4. The van der Waals surface area contributed by atoms with Gasteiger partial charge in [-0.15, -0.1) is 0 Å². The van der Waals surface area contributed by atoms with E-state index in [0.717, 1.165) is 41.0 Å². The molecule has 0 spiro atoms. The lowest BCUT2D eigenvalue weighted by molar-refractivity contribution is -0.0218. The van der Waals surface area contributed by atoms with Gasteiger partial charge in [-0.2, -0.15) is 0 Å². The molecule has 8 heteroatoms. The molecule has 252 valence electrons. The highest BCUT2D eigenvalue weighted by Crippen LogP contribution is 2.44. The van der Waals surface area contributed by atoms with E-state index in [-0.39, 0.29) is 24.0 Å². The number of nitrogens with one attached hydrogen (secondary N) is 3. The average molecular weight is 656 g/mol. The molecule has 49 heavy (non-hydrogen) atoms. The van der Waals surface area contributed by atoms with Crippen molar-refractivity contribution in [2.24, 2.45) is 5.92 Å². The maximum Gasteiger partial charge on any atom is 0.411 e. The maximum atomic E-state index is 13.8. The summed E-state index contributed by atoms with van der Waals surface area (Å²) in [7, 11) is 1.87. The van der Waals surface area contributed by atoms with Gasteiger partial charge < -0.3 is 19.9 Å². The Morgan fingerprint density at radius 3 is 2.29 bits per heavy atom. The molecule has 0 bridgehead atoms. The molecule has 3 N–H and O–H groups in total. The van der Waals surface area contributed by atoms with Crippen LogP contribution in [0.15, 0.2) is 91.0 Å². The number of urea groups is 1. The second kappa shape index (κ2) is 13.4. The number of amides is 3. The molecule has 2 aliphatic rings. The van der Waals surface area contributed by atoms with Crippen LogP contribution in [-0.4, -0.2) is 59.2 Å². The van der Waals surface area contributed by atoms with Crippen molar-refractivity contribution in [2.75, 3.05) is 30.8 Å². The number of hydrogen-bond donors (Lipinski definition) is 3. The van der Waals surface area contributed by atoms with Gasteiger partial charge in [-0.1, -0.05) is 72.3 Å². The summed E-state index contributed by atoms with van der Waals surface area (Å²) in [5.74, 6) is -0.106. The van der Waals surface area contributed by atoms with Gasteiger partial charge in [-0.25, -0.2) is 9.59 Å². The molecule has 4 atom stereocenters. The summed E-state index contributed by atoms with van der Waals surface area (Å²) in [5, 5.41) is 7.31. The fourth-order valence-electron chi connectivity index (χ4n) is 7.78. The van der Waals surface area contributed by atoms with Crippen molar-refractivity contribution in [1.82, 2.24) is 14.8 Å². The van der Waals surface area contributed by atoms with E-state index in [4.69, 9.17) is 4.74 Å². The molecule has 3 amide bonds. The van der Waals surface area contributed by atoms with Crippen LogP contribution in [-0.2, 0) is 11.2 Å². The number of para-hydroxylation sites is 2. The number of carbonyl (C=O) groups is 2. The smallest absolute Gasteiger partial charge is 0.411 e. The summed E-state index contributed by atoms with van der Waals surface area (Å²) in [6.45, 7) is 9.61. The Hall–Kier alpha value is -5.08. The van der Waals surface area contributed by atoms with Crippen LogP contribution in [0.2, 0.25) is 0 Å². The molecule has 4 aromatic carbocycles. The number of aromatic nitrogens is 1. The first kappa shape index (κ1) is 32.5. The average Bonchev–Trinajstić information content (AvgIpc) is 3.48. The van der Waals surface area contributed by atoms with Crippen LogP contribution in [0.4, 0.5) is 21.0 Å². The number of H-pyrrole nitrogens is 1. The minimum atomic E-state index is -0.490. The molecule has 1 saturated heterocycles. The number of carbonyl (C=O) groups excluding carboxylic acids is 2. The van der Waals surface area contributed by atoms with Gasteiger partial charge in [0.05, 0.1) is 6.04 Å². The summed E-state index contributed by atoms with van der Waals surface area (Å²) in [4.78, 5) is 35.1. The first-order chi connectivity index (χ1) is 23.7. The second-order valence-electron chi connectivity index (χ2n) is 13.8. The summed E-state index contributed by atoms with van der Waals surface area (Å²) in [6.07, 6.45) is 0.702. The minimum absolute atomic E-state index is 0.0986. The first-order valence-corrected chi connectivity index (χ1v) is 17.2. The summed E-state index contributed by atoms with van der Waals surface area (Å²) >= 11 is 0. The third-order valence-corrected chi connectivity index (χ3v) is 10.6. The van der Waals surface area contributed by atoms with Gasteiger partial charge in [0.1, 0.15) is 6.10 Å². The zero-order valence-electron chi connectivity index (χ0n) is 28.9. The molecule has 5 aromatic rings. The Balaban J connectivity index is 1.18. The SMILES string of the molecule is Cc1cccc(-c2ccc3[nH]c4c(c3c2)CCN2C[C@@H]([C@H](C)OC(=O)Nc3ccccc3C)[C@@H](N(C)C(=O)Nc3ccccc3C)C[C@@H]42)c1. The lowest BCUT2D eigenvalue weighted by Crippen LogP contribution is -2.58. The lowest BCUT2D eigenvalue weighted by atomic mass is 9.80. The van der Waals surface area contributed by atoms with Crippen molar-refractivity contribution in [2.45, 2.75) is 58.7 Å². The number of anilines is 2. The molecular weight excluding hydrogens is 610 g/mol. The van der Waals surface area contributed by atoms with Gasteiger partial charge in [-0.3, -0.25) is 10.2 Å². The molecule has 0 aliphatic carbocycles. The van der Waals surface area contributed by atoms with E-state index in [1.807, 2.05) is 81.2 Å². The number of aryl methyl sites for hydroxylation is 3. The number of benzene rings is 4. The number of aromatic amines is 1. The molecule has 8 nitrogen and oxygen atoms in total. The highest BCUT2D eigenvalue weighted by atomic mass is 16.6. The Kier molecular flexibility index (Phi) is 8.90. The number of piperidine rings is 1. The predicted molar refractivity (Wildman–Crippen MR) is 197 cm³/mol. The van der Waals surface area contributed by atoms with Crippen molar-refractivity contribution in [3.63, 3.8) is 0 Å². The maximum absolute atomic E-state index is 13.8. The number of ether oxygens (including phenoxy) is 1. The van der Waals surface area contributed by atoms with E-state index in [1.165, 1.54) is 33.3 Å². The fourth-order valence-corrected chi connectivity index (χ4v) is 7.78. The van der Waals surface area contributed by atoms with Crippen molar-refractivity contribution in [3.8, 4) is 11.1 Å². The number of rotatable bonds is 6. The van der Waals surface area contributed by atoms with E-state index in [0.29, 0.717) is 13.0 Å². The third kappa shape index (κ3) is 6.53. The Morgan fingerprint density at radius 1 is 0.878 bits per heavy atom. The standard InChI is InChI=1S/C41H45N5O3/c1-25-11-10-14-29(21-25)30-17-18-36-32(22-30)31-19-20-46-24-33(28(4)49-41(48)44-35-16-9-7-13-27(35)3)37(23-38(46)39(31)42-36)45(5)40(47)43-34-15-8-6-12-26(34)2/h6-18,21-22,28,33,37-38,42H,19-20,23-24H2,1-5H3,(H,43,47)(H,44,48)/t28-,33-,37-,38-/m0/s1. The number of nitrogens with zero attached hydrogens (tertiary/aromatic N) is 2. The van der Waals surface area contributed by atoms with Crippen LogP contribution in [0.3, 0.4) is 0 Å². The van der Waals surface area contributed by atoms with Crippen molar-refractivity contribution in [3.05, 3.63) is 119 Å². The van der Waals surface area contributed by atoms with E-state index >= 15 is 0 Å². The minimum Gasteiger partial charge on any atom is -0.446 e. The van der Waals surface area contributed by atoms with E-state index in [9.17, 15) is 9.59 Å². The quantitative estimate of drug-likeness (QED) is 0.171. The van der Waals surface area contributed by atoms with Crippen LogP contribution in [0.25, 0.3) is 22.0 Å². The predicted octanol–water partition coefficient (Wildman–Crippen LogP) is 8.85. The third-order valence-electron chi connectivity index (χ3n) is 10.6. The van der Waals surface area contributed by atoms with Gasteiger partial charge in [0.15, 0.2) is 0 Å². The van der Waals surface area contributed by atoms with E-state index in [2.05, 4.69) is 69.9 Å².